The van der Waals surface area contributed by atoms with Crippen molar-refractivity contribution >= 4 is 22.8 Å². The van der Waals surface area contributed by atoms with Crippen molar-refractivity contribution in [1.82, 2.24) is 10.3 Å². The van der Waals surface area contributed by atoms with E-state index >= 15 is 0 Å². The Morgan fingerprint density at radius 1 is 0.985 bits per heavy atom. The molecule has 0 unspecified atom stereocenters. The Labute approximate surface area is 384 Å². The summed E-state index contributed by atoms with van der Waals surface area (Å²) in [6.07, 6.45) is 12.3. The summed E-state index contributed by atoms with van der Waals surface area (Å²) in [5, 5.41) is 22.1. The van der Waals surface area contributed by atoms with E-state index in [4.69, 9.17) is 14.6 Å². The average molecular weight is 927 g/mol. The number of carboxylic acids is 1. The normalized spacial score (nSPS) is 27.5. The Morgan fingerprint density at radius 2 is 1.71 bits per heavy atom. The molecule has 0 saturated carbocycles. The van der Waals surface area contributed by atoms with E-state index in [1.54, 1.807) is 13.0 Å². The number of carbonyl (C=O) groups excluding carboxylic acids is 1. The minimum atomic E-state index is -4.93. The van der Waals surface area contributed by atoms with E-state index in [0.717, 1.165) is 55.7 Å². The van der Waals surface area contributed by atoms with Gasteiger partial charge in [-0.3, -0.25) is 0 Å². The van der Waals surface area contributed by atoms with Gasteiger partial charge in [-0.15, -0.1) is 0 Å². The van der Waals surface area contributed by atoms with Crippen LogP contribution < -0.4 is 5.32 Å². The SMILES string of the molecule is C=C1C(=O)O[C@H]2[C@H]1CC/C(C)=C/CC[C@@]1(C)O[C@@H]21.CC1=C(/C=C/C(C)=C/C=C/C(C)=C/C(=O)O)C(C)(C)CCC1.O[C@@H](c1cc(C(F)(F)F)nc2c(C(F)(F)F)cccc12)[C@H]1CCCCN1. The Morgan fingerprint density at radius 3 is 2.35 bits per heavy atom. The number of carbonyl (C=O) groups is 2. The average Bonchev–Trinajstić information content (AvgIpc) is 3.82. The largest absolute Gasteiger partial charge is 0.478 e. The molecular formula is C52H64F6N2O6. The number of halogens is 6. The summed E-state index contributed by atoms with van der Waals surface area (Å²) in [6.45, 7) is 19.5. The Bertz CT molecular complexity index is 2310. The Kier molecular flexibility index (Phi) is 17.0. The van der Waals surface area contributed by atoms with Gasteiger partial charge in [-0.05, 0) is 133 Å². The number of ether oxygens (including phenoxy) is 2. The van der Waals surface area contributed by atoms with Crippen molar-refractivity contribution in [3.63, 3.8) is 0 Å². The first kappa shape index (κ1) is 52.2. The summed E-state index contributed by atoms with van der Waals surface area (Å²) in [4.78, 5) is 25.5. The number of nitrogens with one attached hydrogen (secondary N) is 1. The number of piperidine rings is 1. The fourth-order valence-electron chi connectivity index (χ4n) is 9.34. The maximum atomic E-state index is 13.2. The van der Waals surface area contributed by atoms with Gasteiger partial charge >= 0.3 is 24.3 Å². The number of allylic oxidation sites excluding steroid dienone is 11. The lowest BCUT2D eigenvalue weighted by atomic mass is 9.72. The number of fused-ring (bicyclic) bond motifs is 4. The number of alkyl halides is 6. The van der Waals surface area contributed by atoms with Crippen LogP contribution in [0.5, 0.6) is 0 Å². The standard InChI is InChI=1S/C20H28O2.C17H16F6N2O.C15H20O3/c1-15(8-6-9-16(2)14-19(21)22)11-12-18-17(3)10-7-13-20(18,4)5;18-16(19,20)11-5-3-4-9-10(15(26)12-6-1-2-7-24-12)8-13(17(21,22)23)25-14(9)11;1-9-5-4-8-15(3)13(18-15)12-11(7-6-9)10(2)14(16)17-12/h6,8-9,11-12,14H,7,10,13H2,1-5H3,(H,21,22);3-5,8,12,15,24,26H,1-2,6-7H2;5,11-13H,2,4,6-8H2,1,3H3/b9-6+,12-11+,15-8+,16-14+;;9-5+/t;12-,15+;11-,12-,13-,15+/m.10/s1. The van der Waals surface area contributed by atoms with E-state index < -0.39 is 47.2 Å². The molecule has 5 aliphatic rings. The molecule has 6 atom stereocenters. The third-order valence-corrected chi connectivity index (χ3v) is 13.2. The van der Waals surface area contributed by atoms with Crippen LogP contribution in [0.1, 0.15) is 136 Å². The van der Waals surface area contributed by atoms with Gasteiger partial charge < -0.3 is 25.0 Å². The molecule has 66 heavy (non-hydrogen) atoms. The smallest absolute Gasteiger partial charge is 0.433 e. The van der Waals surface area contributed by atoms with Crippen LogP contribution in [0.15, 0.2) is 107 Å². The molecule has 3 aliphatic heterocycles. The number of esters is 1. The number of hydrogen-bond donors (Lipinski definition) is 3. The summed E-state index contributed by atoms with van der Waals surface area (Å²) < 4.78 is 90.6. The molecule has 360 valence electrons. The number of aromatic nitrogens is 1. The third kappa shape index (κ3) is 13.4. The molecule has 0 spiro atoms. The van der Waals surface area contributed by atoms with Crippen LogP contribution >= 0.6 is 0 Å². The summed E-state index contributed by atoms with van der Waals surface area (Å²) >= 11 is 0. The maximum Gasteiger partial charge on any atom is 0.433 e. The molecular weight excluding hydrogens is 863 g/mol. The van der Waals surface area contributed by atoms with Crippen molar-refractivity contribution in [2.24, 2.45) is 11.3 Å². The number of aliphatic hydroxyl groups is 1. The second-order valence-corrected chi connectivity index (χ2v) is 19.0. The van der Waals surface area contributed by atoms with Crippen LogP contribution in [-0.2, 0) is 31.4 Å². The molecule has 8 nitrogen and oxygen atoms in total. The minimum Gasteiger partial charge on any atom is -0.478 e. The van der Waals surface area contributed by atoms with Gasteiger partial charge in [0.2, 0.25) is 0 Å². The quantitative estimate of drug-likeness (QED) is 0.0627. The second-order valence-electron chi connectivity index (χ2n) is 19.0. The molecule has 0 bridgehead atoms. The number of carboxylic acid groups (broad SMARTS) is 1. The van der Waals surface area contributed by atoms with Crippen molar-refractivity contribution in [2.75, 3.05) is 6.54 Å². The van der Waals surface area contributed by atoms with Gasteiger partial charge in [0.25, 0.3) is 0 Å². The van der Waals surface area contributed by atoms with Gasteiger partial charge in [-0.1, -0.05) is 92.2 Å². The molecule has 3 N–H and O–H groups in total. The van der Waals surface area contributed by atoms with Crippen LogP contribution in [0.3, 0.4) is 0 Å². The number of aliphatic carboxylic acids is 1. The van der Waals surface area contributed by atoms with Gasteiger partial charge in [0.1, 0.15) is 17.9 Å². The molecule has 2 aliphatic carbocycles. The van der Waals surface area contributed by atoms with Crippen molar-refractivity contribution in [3.05, 3.63) is 124 Å². The molecule has 3 saturated heterocycles. The number of aliphatic hydroxyl groups excluding tert-OH is 1. The number of epoxide rings is 1. The third-order valence-electron chi connectivity index (χ3n) is 13.2. The first-order valence-corrected chi connectivity index (χ1v) is 22.7. The molecule has 1 aromatic heterocycles. The monoisotopic (exact) mass is 926 g/mol. The number of rotatable bonds is 7. The minimum absolute atomic E-state index is 0.0671. The number of pyridine rings is 1. The summed E-state index contributed by atoms with van der Waals surface area (Å²) in [7, 11) is 0. The summed E-state index contributed by atoms with van der Waals surface area (Å²) in [5.74, 6) is -1.01. The number of para-hydroxylation sites is 1. The number of nitrogens with zero attached hydrogens (tertiary/aromatic N) is 1. The van der Waals surface area contributed by atoms with Crippen molar-refractivity contribution < 1.29 is 55.6 Å². The zero-order valence-electron chi connectivity index (χ0n) is 39.0. The lowest BCUT2D eigenvalue weighted by molar-refractivity contribution is -0.142. The van der Waals surface area contributed by atoms with Gasteiger partial charge in [0, 0.05) is 29.0 Å². The molecule has 0 radical (unpaired) electrons. The van der Waals surface area contributed by atoms with Crippen LogP contribution in [-0.4, -0.2) is 57.5 Å². The van der Waals surface area contributed by atoms with E-state index in [1.807, 2.05) is 12.2 Å². The lowest BCUT2D eigenvalue weighted by Crippen LogP contribution is -2.39. The zero-order valence-corrected chi connectivity index (χ0v) is 39.0. The number of hydrogen-bond acceptors (Lipinski definition) is 7. The highest BCUT2D eigenvalue weighted by Crippen LogP contribution is 2.50. The fourth-order valence-corrected chi connectivity index (χ4v) is 9.34. The van der Waals surface area contributed by atoms with E-state index in [2.05, 4.69) is 76.7 Å². The molecule has 7 rings (SSSR count). The van der Waals surface area contributed by atoms with Crippen molar-refractivity contribution in [2.45, 2.75) is 155 Å². The van der Waals surface area contributed by atoms with Crippen molar-refractivity contribution in [3.8, 4) is 0 Å². The highest BCUT2D eigenvalue weighted by Gasteiger charge is 2.61. The van der Waals surface area contributed by atoms with E-state index in [0.29, 0.717) is 30.7 Å². The molecule has 0 amide bonds. The highest BCUT2D eigenvalue weighted by atomic mass is 19.4. The predicted molar refractivity (Wildman–Crippen MR) is 244 cm³/mol. The lowest BCUT2D eigenvalue weighted by Gasteiger charge is -2.32. The van der Waals surface area contributed by atoms with Crippen LogP contribution in [0.4, 0.5) is 26.3 Å². The molecule has 2 aromatic rings. The van der Waals surface area contributed by atoms with Gasteiger partial charge in [0.05, 0.1) is 22.8 Å². The van der Waals surface area contributed by atoms with Crippen molar-refractivity contribution in [1.29, 1.82) is 0 Å². The van der Waals surface area contributed by atoms with E-state index in [-0.39, 0.29) is 46.1 Å². The van der Waals surface area contributed by atoms with E-state index in [9.17, 15) is 41.0 Å². The van der Waals surface area contributed by atoms with Gasteiger partial charge in [-0.2, -0.15) is 26.3 Å². The molecule has 14 heteroatoms. The molecule has 1 aromatic carbocycles. The maximum absolute atomic E-state index is 13.2. The van der Waals surface area contributed by atoms with Crippen LogP contribution in [0.2, 0.25) is 0 Å². The topological polar surface area (TPSA) is 121 Å². The zero-order chi connectivity index (χ0) is 48.8. The Hall–Kier alpha value is -4.79. The van der Waals surface area contributed by atoms with E-state index in [1.165, 1.54) is 48.1 Å². The molecule has 4 heterocycles. The summed E-state index contributed by atoms with van der Waals surface area (Å²) in [6, 6.07) is 3.16. The first-order chi connectivity index (χ1) is 30.8. The fraction of sp³-hybridized carbons (Fsp3) is 0.519. The van der Waals surface area contributed by atoms with Crippen LogP contribution in [0.25, 0.3) is 10.9 Å². The summed E-state index contributed by atoms with van der Waals surface area (Å²) in [5.41, 5.74) is 3.29. The van der Waals surface area contributed by atoms with Gasteiger partial charge in [0.15, 0.2) is 0 Å². The number of benzene rings is 1. The van der Waals surface area contributed by atoms with Gasteiger partial charge in [-0.25, -0.2) is 14.6 Å². The Balaban J connectivity index is 0.000000189. The second kappa shape index (κ2) is 21.4. The van der Waals surface area contributed by atoms with Crippen LogP contribution in [0, 0.1) is 11.3 Å². The highest BCUT2D eigenvalue weighted by molar-refractivity contribution is 5.91. The first-order valence-electron chi connectivity index (χ1n) is 22.7. The predicted octanol–water partition coefficient (Wildman–Crippen LogP) is 12.8. The molecule has 3 fully saturated rings.